The number of fused-ring (bicyclic) bond motifs is 5. The Kier molecular flexibility index (Phi) is 6.22. The molecule has 1 heteroatoms. The van der Waals surface area contributed by atoms with Crippen molar-refractivity contribution >= 4 is 43.4 Å². The van der Waals surface area contributed by atoms with Gasteiger partial charge in [-0.3, -0.25) is 0 Å². The number of nitrogens with zero attached hydrogens (tertiary/aromatic N) is 1. The minimum atomic E-state index is 0.0506. The molecule has 0 fully saturated rings. The van der Waals surface area contributed by atoms with Gasteiger partial charge in [-0.15, -0.1) is 0 Å². The van der Waals surface area contributed by atoms with Crippen LogP contribution in [0.25, 0.3) is 71.3 Å². The van der Waals surface area contributed by atoms with Gasteiger partial charge in [0.1, 0.15) is 0 Å². The molecule has 1 nitrogen and oxygen atoms in total. The first-order valence-electron chi connectivity index (χ1n) is 15.9. The summed E-state index contributed by atoms with van der Waals surface area (Å²) in [5.74, 6) is 0. The van der Waals surface area contributed by atoms with Gasteiger partial charge in [0, 0.05) is 16.5 Å². The molecule has 0 atom stereocenters. The monoisotopic (exact) mass is 579 g/mol. The lowest BCUT2D eigenvalue weighted by Crippen LogP contribution is -2.10. The van der Waals surface area contributed by atoms with Crippen LogP contribution in [-0.4, -0.2) is 4.57 Å². The van der Waals surface area contributed by atoms with Gasteiger partial charge in [0.25, 0.3) is 0 Å². The summed E-state index contributed by atoms with van der Waals surface area (Å²) < 4.78 is 2.41. The summed E-state index contributed by atoms with van der Waals surface area (Å²) in [7, 11) is 0. The van der Waals surface area contributed by atoms with E-state index < -0.39 is 0 Å². The molecule has 8 aromatic rings. The first-order chi connectivity index (χ1) is 21.8. The van der Waals surface area contributed by atoms with E-state index in [0.717, 1.165) is 0 Å². The number of aromatic nitrogens is 1. The molecule has 0 unspecified atom stereocenters. The van der Waals surface area contributed by atoms with Gasteiger partial charge < -0.3 is 4.57 Å². The van der Waals surface area contributed by atoms with Crippen LogP contribution < -0.4 is 0 Å². The molecule has 0 saturated heterocycles. The molecule has 0 N–H and O–H groups in total. The van der Waals surface area contributed by atoms with Gasteiger partial charge >= 0.3 is 0 Å². The van der Waals surface area contributed by atoms with E-state index in [0.29, 0.717) is 0 Å². The van der Waals surface area contributed by atoms with Crippen LogP contribution in [0.2, 0.25) is 0 Å². The first-order valence-corrected chi connectivity index (χ1v) is 15.9. The molecule has 218 valence electrons. The zero-order valence-corrected chi connectivity index (χ0v) is 26.6. The molecule has 0 aliphatic heterocycles. The van der Waals surface area contributed by atoms with E-state index in [1.54, 1.807) is 0 Å². The minimum Gasteiger partial charge on any atom is -0.309 e. The van der Waals surface area contributed by atoms with Crippen LogP contribution in [0.15, 0.2) is 133 Å². The fourth-order valence-electron chi connectivity index (χ4n) is 7.18. The lowest BCUT2D eigenvalue weighted by molar-refractivity contribution is 0.591. The number of hydrogen-bond donors (Lipinski definition) is 0. The Morgan fingerprint density at radius 1 is 0.422 bits per heavy atom. The van der Waals surface area contributed by atoms with Crippen molar-refractivity contribution in [2.45, 2.75) is 40.0 Å². The van der Waals surface area contributed by atoms with Crippen molar-refractivity contribution in [3.63, 3.8) is 0 Å². The Hall–Kier alpha value is -5.14. The maximum absolute atomic E-state index is 2.43. The molecule has 1 aromatic heterocycles. The normalized spacial score (nSPS) is 12.1. The molecule has 0 aliphatic carbocycles. The predicted molar refractivity (Wildman–Crippen MR) is 195 cm³/mol. The summed E-state index contributed by atoms with van der Waals surface area (Å²) in [4.78, 5) is 0. The molecule has 0 saturated carbocycles. The number of rotatable bonds is 3. The number of benzene rings is 7. The van der Waals surface area contributed by atoms with Crippen molar-refractivity contribution in [1.82, 2.24) is 4.57 Å². The van der Waals surface area contributed by atoms with Gasteiger partial charge in [-0.2, -0.15) is 0 Å². The van der Waals surface area contributed by atoms with Crippen molar-refractivity contribution in [1.29, 1.82) is 0 Å². The van der Waals surface area contributed by atoms with E-state index >= 15 is 0 Å². The van der Waals surface area contributed by atoms with E-state index in [4.69, 9.17) is 0 Å². The Morgan fingerprint density at radius 3 is 1.51 bits per heavy atom. The van der Waals surface area contributed by atoms with E-state index in [1.165, 1.54) is 88.0 Å². The molecule has 1 heterocycles. The molecule has 0 aliphatic rings. The summed E-state index contributed by atoms with van der Waals surface area (Å²) in [6.07, 6.45) is 0. The van der Waals surface area contributed by atoms with Crippen molar-refractivity contribution in [3.05, 3.63) is 150 Å². The highest BCUT2D eigenvalue weighted by atomic mass is 15.0. The minimum absolute atomic E-state index is 0.0506. The lowest BCUT2D eigenvalue weighted by atomic mass is 9.81. The third-order valence-electron chi connectivity index (χ3n) is 9.44. The van der Waals surface area contributed by atoms with E-state index in [1.807, 2.05) is 0 Å². The zero-order valence-electron chi connectivity index (χ0n) is 26.6. The standard InChI is InChI=1S/C44H37N/c1-28-15-23-40-37(25-28)38-26-29(2)16-24-41(38)45(40)33-20-17-31(18-21-33)42-34-13-9-10-14-35(34)43(30-11-7-6-8-12-30)39-27-32(44(3,4)5)19-22-36(39)42/h6-27H,1-5H3. The average molecular weight is 580 g/mol. The highest BCUT2D eigenvalue weighted by molar-refractivity contribution is 6.21. The predicted octanol–water partition coefficient (Wildman–Crippen LogP) is 12.3. The fraction of sp³-hybridized carbons (Fsp3) is 0.136. The lowest BCUT2D eigenvalue weighted by Gasteiger charge is -2.23. The molecular formula is C44H37N. The van der Waals surface area contributed by atoms with Gasteiger partial charge in [-0.05, 0) is 111 Å². The molecule has 0 radical (unpaired) electrons. The maximum Gasteiger partial charge on any atom is 0.0541 e. The third kappa shape index (κ3) is 4.46. The SMILES string of the molecule is Cc1ccc2c(c1)c1cc(C)ccc1n2-c1ccc(-c2c3ccccc3c(-c3ccccc3)c3cc(C(C)(C)C)ccc23)cc1. The number of hydrogen-bond acceptors (Lipinski definition) is 0. The van der Waals surface area contributed by atoms with Crippen molar-refractivity contribution in [2.75, 3.05) is 0 Å². The summed E-state index contributed by atoms with van der Waals surface area (Å²) in [6.45, 7) is 11.3. The maximum atomic E-state index is 2.43. The Labute approximate surface area is 265 Å². The van der Waals surface area contributed by atoms with Gasteiger partial charge in [-0.25, -0.2) is 0 Å². The Morgan fingerprint density at radius 2 is 0.933 bits per heavy atom. The van der Waals surface area contributed by atoms with Crippen LogP contribution in [0.4, 0.5) is 0 Å². The smallest absolute Gasteiger partial charge is 0.0541 e. The van der Waals surface area contributed by atoms with Gasteiger partial charge in [0.15, 0.2) is 0 Å². The molecule has 0 spiro atoms. The highest BCUT2D eigenvalue weighted by Crippen LogP contribution is 2.45. The van der Waals surface area contributed by atoms with Gasteiger partial charge in [0.2, 0.25) is 0 Å². The summed E-state index contributed by atoms with van der Waals surface area (Å²) in [5, 5.41) is 7.77. The summed E-state index contributed by atoms with van der Waals surface area (Å²) in [6, 6.07) is 49.8. The largest absolute Gasteiger partial charge is 0.309 e. The second-order valence-electron chi connectivity index (χ2n) is 13.6. The summed E-state index contributed by atoms with van der Waals surface area (Å²) in [5.41, 5.74) is 12.7. The quantitative estimate of drug-likeness (QED) is 0.183. The molecule has 45 heavy (non-hydrogen) atoms. The van der Waals surface area contributed by atoms with Crippen LogP contribution in [0, 0.1) is 13.8 Å². The Balaban J connectivity index is 1.39. The van der Waals surface area contributed by atoms with Crippen LogP contribution in [0.1, 0.15) is 37.5 Å². The van der Waals surface area contributed by atoms with Crippen LogP contribution in [-0.2, 0) is 5.41 Å². The second kappa shape index (κ2) is 10.2. The van der Waals surface area contributed by atoms with E-state index in [9.17, 15) is 0 Å². The van der Waals surface area contributed by atoms with Crippen molar-refractivity contribution in [2.24, 2.45) is 0 Å². The highest BCUT2D eigenvalue weighted by Gasteiger charge is 2.20. The third-order valence-corrected chi connectivity index (χ3v) is 9.44. The second-order valence-corrected chi connectivity index (χ2v) is 13.6. The van der Waals surface area contributed by atoms with E-state index in [2.05, 4.69) is 173 Å². The molecule has 8 rings (SSSR count). The van der Waals surface area contributed by atoms with Crippen molar-refractivity contribution < 1.29 is 0 Å². The average Bonchev–Trinajstić information content (AvgIpc) is 3.36. The van der Waals surface area contributed by atoms with Crippen LogP contribution in [0.5, 0.6) is 0 Å². The molecular weight excluding hydrogens is 542 g/mol. The molecule has 7 aromatic carbocycles. The van der Waals surface area contributed by atoms with Gasteiger partial charge in [0.05, 0.1) is 11.0 Å². The molecule has 0 amide bonds. The fourth-order valence-corrected chi connectivity index (χ4v) is 7.18. The summed E-state index contributed by atoms with van der Waals surface area (Å²) >= 11 is 0. The first kappa shape index (κ1) is 27.4. The van der Waals surface area contributed by atoms with Crippen LogP contribution >= 0.6 is 0 Å². The Bertz CT molecular complexity index is 2340. The van der Waals surface area contributed by atoms with Gasteiger partial charge in [-0.1, -0.05) is 123 Å². The van der Waals surface area contributed by atoms with Crippen LogP contribution in [0.3, 0.4) is 0 Å². The van der Waals surface area contributed by atoms with E-state index in [-0.39, 0.29) is 5.41 Å². The number of aryl methyl sites for hydroxylation is 2. The zero-order chi connectivity index (χ0) is 30.9. The van der Waals surface area contributed by atoms with Crippen molar-refractivity contribution in [3.8, 4) is 27.9 Å². The molecule has 0 bridgehead atoms. The topological polar surface area (TPSA) is 4.93 Å².